The first-order valence-electron chi connectivity index (χ1n) is 12.5. The number of nitrogens with one attached hydrogen (secondary N) is 2. The Labute approximate surface area is 213 Å². The lowest BCUT2D eigenvalue weighted by Gasteiger charge is -2.46. The van der Waals surface area contributed by atoms with Crippen LogP contribution < -0.4 is 10.6 Å². The van der Waals surface area contributed by atoms with Gasteiger partial charge in [0.15, 0.2) is 0 Å². The molecule has 0 saturated heterocycles. The SMILES string of the molecule is C/C(=N\OC(=O)NCC1(C)CC(NC(=O)O/N=C(\C)c2ccccc2)CC(C)(C)C1)C1=CCCC=C1. The van der Waals surface area contributed by atoms with Crippen molar-refractivity contribution >= 4 is 23.6 Å². The van der Waals surface area contributed by atoms with Gasteiger partial charge in [-0.25, -0.2) is 9.59 Å². The van der Waals surface area contributed by atoms with E-state index in [-0.39, 0.29) is 16.9 Å². The second kappa shape index (κ2) is 12.0. The van der Waals surface area contributed by atoms with Crippen LogP contribution in [0.15, 0.2) is 64.4 Å². The minimum atomic E-state index is -0.589. The molecule has 36 heavy (non-hydrogen) atoms. The molecule has 2 atom stereocenters. The summed E-state index contributed by atoms with van der Waals surface area (Å²) in [5, 5.41) is 13.7. The van der Waals surface area contributed by atoms with E-state index in [2.05, 4.69) is 53.9 Å². The summed E-state index contributed by atoms with van der Waals surface area (Å²) in [6, 6.07) is 9.43. The first-order valence-corrected chi connectivity index (χ1v) is 12.5. The number of allylic oxidation sites excluding steroid dienone is 4. The van der Waals surface area contributed by atoms with Crippen molar-refractivity contribution in [2.24, 2.45) is 21.1 Å². The third kappa shape index (κ3) is 8.36. The Balaban J connectivity index is 1.52. The van der Waals surface area contributed by atoms with Gasteiger partial charge in [-0.3, -0.25) is 9.68 Å². The number of hydrogen-bond acceptors (Lipinski definition) is 6. The molecular weight excluding hydrogens is 456 g/mol. The van der Waals surface area contributed by atoms with Gasteiger partial charge in [0.2, 0.25) is 0 Å². The maximum Gasteiger partial charge on any atom is 0.433 e. The highest BCUT2D eigenvalue weighted by atomic mass is 16.7. The van der Waals surface area contributed by atoms with Crippen molar-refractivity contribution in [1.82, 2.24) is 10.6 Å². The molecule has 1 aromatic carbocycles. The van der Waals surface area contributed by atoms with Crippen LogP contribution in [0.3, 0.4) is 0 Å². The molecule has 8 nitrogen and oxygen atoms in total. The van der Waals surface area contributed by atoms with Crippen molar-refractivity contribution in [3.63, 3.8) is 0 Å². The van der Waals surface area contributed by atoms with E-state index in [0.717, 1.165) is 36.8 Å². The van der Waals surface area contributed by atoms with Crippen molar-refractivity contribution < 1.29 is 19.3 Å². The van der Waals surface area contributed by atoms with E-state index in [1.54, 1.807) is 6.92 Å². The van der Waals surface area contributed by atoms with Crippen LogP contribution in [0.5, 0.6) is 0 Å². The van der Waals surface area contributed by atoms with Crippen LogP contribution in [0.4, 0.5) is 9.59 Å². The van der Waals surface area contributed by atoms with Gasteiger partial charge in [-0.15, -0.1) is 0 Å². The van der Waals surface area contributed by atoms with Gasteiger partial charge in [-0.05, 0) is 67.9 Å². The topological polar surface area (TPSA) is 101 Å². The van der Waals surface area contributed by atoms with Crippen molar-refractivity contribution in [2.45, 2.75) is 72.8 Å². The predicted molar refractivity (Wildman–Crippen MR) is 142 cm³/mol. The Morgan fingerprint density at radius 1 is 0.972 bits per heavy atom. The average Bonchev–Trinajstić information content (AvgIpc) is 2.84. The van der Waals surface area contributed by atoms with E-state index in [0.29, 0.717) is 24.4 Å². The van der Waals surface area contributed by atoms with Gasteiger partial charge >= 0.3 is 12.2 Å². The average molecular weight is 495 g/mol. The molecular formula is C28H38N4O4. The molecule has 1 aromatic rings. The van der Waals surface area contributed by atoms with E-state index >= 15 is 0 Å². The van der Waals surface area contributed by atoms with Gasteiger partial charge in [0.1, 0.15) is 0 Å². The van der Waals surface area contributed by atoms with E-state index in [1.807, 2.05) is 43.3 Å². The van der Waals surface area contributed by atoms with Gasteiger partial charge in [-0.1, -0.05) is 79.6 Å². The van der Waals surface area contributed by atoms with Gasteiger partial charge in [0, 0.05) is 12.6 Å². The molecule has 2 unspecified atom stereocenters. The molecule has 0 radical (unpaired) electrons. The van der Waals surface area contributed by atoms with Crippen LogP contribution in [-0.4, -0.2) is 36.2 Å². The highest BCUT2D eigenvalue weighted by Crippen LogP contribution is 2.45. The van der Waals surface area contributed by atoms with Crippen molar-refractivity contribution in [2.75, 3.05) is 6.54 Å². The molecule has 2 N–H and O–H groups in total. The third-order valence-electron chi connectivity index (χ3n) is 6.56. The summed E-state index contributed by atoms with van der Waals surface area (Å²) >= 11 is 0. The molecule has 1 saturated carbocycles. The zero-order valence-electron chi connectivity index (χ0n) is 22.0. The van der Waals surface area contributed by atoms with Crippen molar-refractivity contribution in [3.8, 4) is 0 Å². The summed E-state index contributed by atoms with van der Waals surface area (Å²) in [7, 11) is 0. The number of nitrogens with zero attached hydrogens (tertiary/aromatic N) is 2. The molecule has 0 aliphatic heterocycles. The summed E-state index contributed by atoms with van der Waals surface area (Å²) in [6.07, 6.45) is 9.33. The Morgan fingerprint density at radius 2 is 1.67 bits per heavy atom. The van der Waals surface area contributed by atoms with Crippen LogP contribution in [0.25, 0.3) is 0 Å². The van der Waals surface area contributed by atoms with Crippen LogP contribution in [0.1, 0.15) is 72.3 Å². The quantitative estimate of drug-likeness (QED) is 0.272. The van der Waals surface area contributed by atoms with E-state index in [1.165, 1.54) is 0 Å². The molecule has 0 spiro atoms. The van der Waals surface area contributed by atoms with E-state index in [9.17, 15) is 9.59 Å². The minimum Gasteiger partial charge on any atom is -0.319 e. The van der Waals surface area contributed by atoms with Gasteiger partial charge < -0.3 is 10.6 Å². The Morgan fingerprint density at radius 3 is 2.36 bits per heavy atom. The van der Waals surface area contributed by atoms with Crippen molar-refractivity contribution in [1.29, 1.82) is 0 Å². The van der Waals surface area contributed by atoms with Crippen LogP contribution in [-0.2, 0) is 9.68 Å². The van der Waals surface area contributed by atoms with Crippen LogP contribution in [0.2, 0.25) is 0 Å². The molecule has 0 bridgehead atoms. The molecule has 2 aliphatic carbocycles. The zero-order valence-corrected chi connectivity index (χ0v) is 22.0. The minimum absolute atomic E-state index is 0.0334. The fourth-order valence-corrected chi connectivity index (χ4v) is 5.27. The van der Waals surface area contributed by atoms with Crippen LogP contribution in [0, 0.1) is 10.8 Å². The lowest BCUT2D eigenvalue weighted by molar-refractivity contribution is 0.0630. The second-order valence-corrected chi connectivity index (χ2v) is 10.9. The number of amides is 2. The molecule has 1 fully saturated rings. The number of rotatable bonds is 7. The van der Waals surface area contributed by atoms with Gasteiger partial charge in [0.05, 0.1) is 11.4 Å². The highest BCUT2D eigenvalue weighted by Gasteiger charge is 2.42. The summed E-state index contributed by atoms with van der Waals surface area (Å²) < 4.78 is 0. The summed E-state index contributed by atoms with van der Waals surface area (Å²) in [5.74, 6) is 0. The summed E-state index contributed by atoms with van der Waals surface area (Å²) in [6.45, 7) is 10.5. The predicted octanol–water partition coefficient (Wildman–Crippen LogP) is 6.10. The smallest absolute Gasteiger partial charge is 0.319 e. The maximum atomic E-state index is 12.5. The number of benzene rings is 1. The van der Waals surface area contributed by atoms with E-state index in [4.69, 9.17) is 9.68 Å². The monoisotopic (exact) mass is 494 g/mol. The van der Waals surface area contributed by atoms with E-state index < -0.39 is 12.2 Å². The lowest BCUT2D eigenvalue weighted by Crippen LogP contribution is -2.50. The van der Waals surface area contributed by atoms with Crippen molar-refractivity contribution in [3.05, 3.63) is 59.7 Å². The molecule has 2 amide bonds. The standard InChI is InChI=1S/C28H38N4O4/c1-20(22-12-8-6-9-13-22)31-35-25(33)29-19-28(5)17-24(16-27(3,4)18-28)30-26(34)36-32-21(2)23-14-10-7-11-15-23/h7-8,10-15,24H,6,9,16-19H2,1-5H3,(H,29,33)(H,30,34)/b31-20+,32-21+. The Hall–Kier alpha value is -3.42. The summed E-state index contributed by atoms with van der Waals surface area (Å²) in [4.78, 5) is 35.0. The molecule has 0 heterocycles. The highest BCUT2D eigenvalue weighted by molar-refractivity contribution is 6.00. The molecule has 8 heteroatoms. The normalized spacial score (nSPS) is 23.9. The third-order valence-corrected chi connectivity index (χ3v) is 6.56. The van der Waals surface area contributed by atoms with Crippen LogP contribution >= 0.6 is 0 Å². The fourth-order valence-electron chi connectivity index (χ4n) is 5.27. The van der Waals surface area contributed by atoms with Gasteiger partial charge in [0.25, 0.3) is 0 Å². The zero-order chi connectivity index (χ0) is 26.2. The molecule has 3 rings (SSSR count). The fraction of sp³-hybridized carbons (Fsp3) is 0.500. The number of oxime groups is 2. The summed E-state index contributed by atoms with van der Waals surface area (Å²) in [5.41, 5.74) is 2.87. The number of carbonyl (C=O) groups is 2. The first-order chi connectivity index (χ1) is 17.1. The maximum absolute atomic E-state index is 12.5. The molecule has 194 valence electrons. The number of carbonyl (C=O) groups excluding carboxylic acids is 2. The first kappa shape index (κ1) is 27.2. The number of hydrogen-bond donors (Lipinski definition) is 2. The largest absolute Gasteiger partial charge is 0.433 e. The second-order valence-electron chi connectivity index (χ2n) is 10.9. The lowest BCUT2D eigenvalue weighted by atomic mass is 9.62. The molecule has 0 aromatic heterocycles. The molecule has 2 aliphatic rings. The Bertz CT molecular complexity index is 1060. The Kier molecular flexibility index (Phi) is 9.07. The van der Waals surface area contributed by atoms with Gasteiger partial charge in [-0.2, -0.15) is 0 Å².